The zero-order valence-corrected chi connectivity index (χ0v) is 33.2. The SMILES string of the molecule is CCc1c(-c2ccccc2)nc(-c2ccccc2)nc1-c1cccc2sc3ccc(-c4nc(-c5cccc(-c6ccccc6)c5)nc5c4sc4ccccc45)cc3c12. The van der Waals surface area contributed by atoms with E-state index in [1.165, 1.54) is 30.4 Å². The second kappa shape index (κ2) is 14.3. The van der Waals surface area contributed by atoms with Crippen LogP contribution in [0.5, 0.6) is 0 Å². The van der Waals surface area contributed by atoms with Crippen molar-refractivity contribution in [3.63, 3.8) is 0 Å². The minimum atomic E-state index is 0.718. The first-order valence-electron chi connectivity index (χ1n) is 19.5. The van der Waals surface area contributed by atoms with E-state index in [1.54, 1.807) is 11.3 Å². The van der Waals surface area contributed by atoms with E-state index in [4.69, 9.17) is 19.9 Å². The molecule has 0 fully saturated rings. The molecule has 0 bridgehead atoms. The number of thiophene rings is 2. The van der Waals surface area contributed by atoms with Crippen LogP contribution in [0.4, 0.5) is 0 Å². The van der Waals surface area contributed by atoms with Gasteiger partial charge in [-0.2, -0.15) is 0 Å². The molecule has 0 N–H and O–H groups in total. The van der Waals surface area contributed by atoms with E-state index in [9.17, 15) is 0 Å². The molecule has 274 valence electrons. The summed E-state index contributed by atoms with van der Waals surface area (Å²) in [6.45, 7) is 2.21. The fourth-order valence-corrected chi connectivity index (χ4v) is 10.4. The lowest BCUT2D eigenvalue weighted by Gasteiger charge is -2.16. The van der Waals surface area contributed by atoms with Crippen LogP contribution in [-0.2, 0) is 6.42 Å². The normalized spacial score (nSPS) is 11.6. The summed E-state index contributed by atoms with van der Waals surface area (Å²) in [4.78, 5) is 21.3. The van der Waals surface area contributed by atoms with E-state index in [0.29, 0.717) is 0 Å². The lowest BCUT2D eigenvalue weighted by atomic mass is 9.94. The van der Waals surface area contributed by atoms with Crippen LogP contribution in [0.15, 0.2) is 176 Å². The van der Waals surface area contributed by atoms with Crippen molar-refractivity contribution in [1.82, 2.24) is 19.9 Å². The lowest BCUT2D eigenvalue weighted by Crippen LogP contribution is -2.03. The molecular formula is C52H34N4S2. The van der Waals surface area contributed by atoms with Crippen LogP contribution in [0.3, 0.4) is 0 Å². The van der Waals surface area contributed by atoms with Crippen LogP contribution in [0, 0.1) is 0 Å². The summed E-state index contributed by atoms with van der Waals surface area (Å²) in [5.41, 5.74) is 12.6. The van der Waals surface area contributed by atoms with Crippen molar-refractivity contribution in [2.75, 3.05) is 0 Å². The number of hydrogen-bond acceptors (Lipinski definition) is 6. The summed E-state index contributed by atoms with van der Waals surface area (Å²) in [5, 5.41) is 3.54. The van der Waals surface area contributed by atoms with Crippen molar-refractivity contribution in [2.24, 2.45) is 0 Å². The first-order valence-corrected chi connectivity index (χ1v) is 21.2. The van der Waals surface area contributed by atoms with Gasteiger partial charge in [0.15, 0.2) is 11.6 Å². The number of rotatable bonds is 7. The number of hydrogen-bond donors (Lipinski definition) is 0. The monoisotopic (exact) mass is 778 g/mol. The lowest BCUT2D eigenvalue weighted by molar-refractivity contribution is 1.06. The highest BCUT2D eigenvalue weighted by atomic mass is 32.1. The average Bonchev–Trinajstić information content (AvgIpc) is 3.87. The van der Waals surface area contributed by atoms with Gasteiger partial charge < -0.3 is 0 Å². The Labute approximate surface area is 343 Å². The summed E-state index contributed by atoms with van der Waals surface area (Å²) >= 11 is 3.59. The van der Waals surface area contributed by atoms with Crippen molar-refractivity contribution in [3.05, 3.63) is 181 Å². The van der Waals surface area contributed by atoms with Crippen LogP contribution in [0.25, 0.3) is 108 Å². The average molecular weight is 779 g/mol. The Morgan fingerprint density at radius 2 is 1.00 bits per heavy atom. The van der Waals surface area contributed by atoms with E-state index in [2.05, 4.69) is 177 Å². The molecule has 11 aromatic rings. The van der Waals surface area contributed by atoms with Crippen molar-refractivity contribution in [3.8, 4) is 67.7 Å². The Bertz CT molecular complexity index is 3320. The standard InChI is InChI=1S/C52H34N4S2/c1-2-38-46(33-18-8-4-9-19-33)53-51(34-20-10-5-11-21-34)55-48(38)40-25-15-27-44-45(40)41-31-36(28-29-43(41)57-44)47-50-49(39-24-12-13-26-42(39)58-50)56-52(54-47)37-23-14-22-35(30-37)32-16-6-3-7-17-32/h3-31H,2H2,1H3. The quantitative estimate of drug-likeness (QED) is 0.162. The maximum absolute atomic E-state index is 5.42. The van der Waals surface area contributed by atoms with Gasteiger partial charge in [-0.15, -0.1) is 22.7 Å². The van der Waals surface area contributed by atoms with Crippen LogP contribution in [0.1, 0.15) is 12.5 Å². The molecule has 7 aromatic carbocycles. The summed E-state index contributed by atoms with van der Waals surface area (Å²) in [7, 11) is 0. The Kier molecular flexibility index (Phi) is 8.46. The van der Waals surface area contributed by atoms with Crippen molar-refractivity contribution in [2.45, 2.75) is 13.3 Å². The number of fused-ring (bicyclic) bond motifs is 6. The Morgan fingerprint density at radius 1 is 0.397 bits per heavy atom. The molecule has 4 nitrogen and oxygen atoms in total. The van der Waals surface area contributed by atoms with Crippen molar-refractivity contribution in [1.29, 1.82) is 0 Å². The maximum Gasteiger partial charge on any atom is 0.160 e. The van der Waals surface area contributed by atoms with Crippen LogP contribution in [0.2, 0.25) is 0 Å². The van der Waals surface area contributed by atoms with Crippen molar-refractivity contribution < 1.29 is 0 Å². The van der Waals surface area contributed by atoms with E-state index in [0.717, 1.165) is 89.7 Å². The third-order valence-electron chi connectivity index (χ3n) is 10.9. The second-order valence-electron chi connectivity index (χ2n) is 14.4. The molecule has 0 aliphatic carbocycles. The molecule has 0 unspecified atom stereocenters. The smallest absolute Gasteiger partial charge is 0.160 e. The number of benzene rings is 7. The maximum atomic E-state index is 5.42. The molecule has 0 spiro atoms. The third kappa shape index (κ3) is 5.88. The van der Waals surface area contributed by atoms with E-state index >= 15 is 0 Å². The molecule has 0 saturated heterocycles. The fraction of sp³-hybridized carbons (Fsp3) is 0.0385. The summed E-state index contributed by atoms with van der Waals surface area (Å²) in [6.07, 6.45) is 0.789. The third-order valence-corrected chi connectivity index (χ3v) is 13.2. The minimum absolute atomic E-state index is 0.718. The summed E-state index contributed by atoms with van der Waals surface area (Å²) in [5.74, 6) is 1.44. The Hall–Kier alpha value is -6.86. The molecule has 4 heterocycles. The van der Waals surface area contributed by atoms with Crippen molar-refractivity contribution >= 4 is 63.1 Å². The molecular weight excluding hydrogens is 745 g/mol. The predicted molar refractivity (Wildman–Crippen MR) is 245 cm³/mol. The Balaban J connectivity index is 1.15. The van der Waals surface area contributed by atoms with Gasteiger partial charge in [-0.05, 0) is 47.9 Å². The van der Waals surface area contributed by atoms with Gasteiger partial charge in [-0.1, -0.05) is 153 Å². The largest absolute Gasteiger partial charge is 0.228 e. The number of nitrogens with zero attached hydrogens (tertiary/aromatic N) is 4. The summed E-state index contributed by atoms with van der Waals surface area (Å²) < 4.78 is 4.74. The molecule has 6 heteroatoms. The molecule has 58 heavy (non-hydrogen) atoms. The van der Waals surface area contributed by atoms with Crippen LogP contribution in [-0.4, -0.2) is 19.9 Å². The minimum Gasteiger partial charge on any atom is -0.228 e. The van der Waals surface area contributed by atoms with Crippen LogP contribution >= 0.6 is 22.7 Å². The van der Waals surface area contributed by atoms with Gasteiger partial charge in [0.1, 0.15) is 0 Å². The van der Waals surface area contributed by atoms with Crippen LogP contribution < -0.4 is 0 Å². The highest BCUT2D eigenvalue weighted by Gasteiger charge is 2.22. The molecule has 0 saturated carbocycles. The van der Waals surface area contributed by atoms with Gasteiger partial charge >= 0.3 is 0 Å². The van der Waals surface area contributed by atoms with E-state index in [-0.39, 0.29) is 0 Å². The Morgan fingerprint density at radius 3 is 1.79 bits per heavy atom. The van der Waals surface area contributed by atoms with Gasteiger partial charge in [-0.3, -0.25) is 0 Å². The van der Waals surface area contributed by atoms with E-state index < -0.39 is 0 Å². The van der Waals surface area contributed by atoms with Gasteiger partial charge in [0.2, 0.25) is 0 Å². The highest BCUT2D eigenvalue weighted by Crippen LogP contribution is 2.45. The molecule has 11 rings (SSSR count). The molecule has 0 radical (unpaired) electrons. The second-order valence-corrected chi connectivity index (χ2v) is 16.6. The zero-order valence-electron chi connectivity index (χ0n) is 31.6. The molecule has 0 atom stereocenters. The predicted octanol–water partition coefficient (Wildman–Crippen LogP) is 14.6. The van der Waals surface area contributed by atoms with Gasteiger partial charge in [0, 0.05) is 63.6 Å². The molecule has 4 aromatic heterocycles. The zero-order chi connectivity index (χ0) is 38.6. The summed E-state index contributed by atoms with van der Waals surface area (Å²) in [6, 6.07) is 62.0. The highest BCUT2D eigenvalue weighted by molar-refractivity contribution is 7.26. The fourth-order valence-electron chi connectivity index (χ4n) is 8.15. The van der Waals surface area contributed by atoms with Gasteiger partial charge in [0.05, 0.1) is 27.3 Å². The van der Waals surface area contributed by atoms with Gasteiger partial charge in [0.25, 0.3) is 0 Å². The topological polar surface area (TPSA) is 51.6 Å². The molecule has 0 aliphatic heterocycles. The first-order chi connectivity index (χ1) is 28.7. The number of aromatic nitrogens is 4. The molecule has 0 amide bonds. The molecule has 0 aliphatic rings. The van der Waals surface area contributed by atoms with Gasteiger partial charge in [-0.25, -0.2) is 19.9 Å². The van der Waals surface area contributed by atoms with E-state index in [1.807, 2.05) is 17.4 Å². The first kappa shape index (κ1) is 34.4.